The van der Waals surface area contributed by atoms with Crippen molar-refractivity contribution in [2.75, 3.05) is 0 Å². The monoisotopic (exact) mass is 414 g/mol. The third-order valence-corrected chi connectivity index (χ3v) is 6.53. The molecule has 2 aliphatic heterocycles. The maximum atomic E-state index is 6.63. The van der Waals surface area contributed by atoms with Gasteiger partial charge in [0, 0.05) is 29.3 Å². The molecule has 3 heterocycles. The van der Waals surface area contributed by atoms with E-state index in [1.807, 2.05) is 19.1 Å². The molecule has 1 aromatic carbocycles. The number of furan rings is 1. The fourth-order valence-electron chi connectivity index (χ4n) is 4.53. The molecule has 136 valence electrons. The summed E-state index contributed by atoms with van der Waals surface area (Å²) in [7, 11) is 0. The van der Waals surface area contributed by atoms with E-state index in [2.05, 4.69) is 46.1 Å². The Balaban J connectivity index is 1.59. The Morgan fingerprint density at radius 2 is 2.00 bits per heavy atom. The molecule has 1 saturated carbocycles. The molecule has 5 rings (SSSR count). The molecule has 26 heavy (non-hydrogen) atoms. The first-order valence-corrected chi connectivity index (χ1v) is 10.3. The average Bonchev–Trinajstić information content (AvgIpc) is 3.25. The molecule has 0 bridgehead atoms. The van der Waals surface area contributed by atoms with E-state index in [-0.39, 0.29) is 11.8 Å². The molecule has 1 unspecified atom stereocenters. The van der Waals surface area contributed by atoms with Crippen LogP contribution in [0, 0.1) is 12.8 Å². The van der Waals surface area contributed by atoms with Gasteiger partial charge in [0.1, 0.15) is 23.0 Å². The lowest BCUT2D eigenvalue weighted by Crippen LogP contribution is -2.55. The summed E-state index contributed by atoms with van der Waals surface area (Å²) < 4.78 is 13.6. The van der Waals surface area contributed by atoms with Gasteiger partial charge in [0.15, 0.2) is 5.72 Å². The second-order valence-electron chi connectivity index (χ2n) is 7.93. The molecular weight excluding hydrogens is 392 g/mol. The summed E-state index contributed by atoms with van der Waals surface area (Å²) in [5.74, 6) is 3.57. The summed E-state index contributed by atoms with van der Waals surface area (Å²) in [6.45, 7) is 4.31. The van der Waals surface area contributed by atoms with Gasteiger partial charge in [-0.2, -0.15) is 5.10 Å². The molecule has 0 saturated heterocycles. The average molecular weight is 415 g/mol. The van der Waals surface area contributed by atoms with E-state index in [1.54, 1.807) is 0 Å². The number of halogens is 1. The first-order valence-electron chi connectivity index (χ1n) is 9.46. The maximum absolute atomic E-state index is 6.63. The molecule has 2 aromatic rings. The Hall–Kier alpha value is -1.75. The maximum Gasteiger partial charge on any atom is 0.198 e. The number of benzene rings is 1. The van der Waals surface area contributed by atoms with Crippen molar-refractivity contribution in [1.29, 1.82) is 0 Å². The topological polar surface area (TPSA) is 38.0 Å². The van der Waals surface area contributed by atoms with Crippen molar-refractivity contribution >= 4 is 21.6 Å². The van der Waals surface area contributed by atoms with Crippen molar-refractivity contribution < 1.29 is 9.15 Å². The number of hydrogen-bond acceptors (Lipinski definition) is 4. The second kappa shape index (κ2) is 5.88. The highest BCUT2D eigenvalue weighted by Crippen LogP contribution is 2.52. The van der Waals surface area contributed by atoms with Crippen molar-refractivity contribution in [1.82, 2.24) is 5.01 Å². The molecule has 1 atom stereocenters. The number of nitrogens with zero attached hydrogens (tertiary/aromatic N) is 2. The van der Waals surface area contributed by atoms with Crippen molar-refractivity contribution in [3.05, 3.63) is 51.9 Å². The first-order chi connectivity index (χ1) is 12.5. The molecule has 1 aromatic heterocycles. The molecule has 3 aliphatic rings. The van der Waals surface area contributed by atoms with Crippen molar-refractivity contribution in [2.24, 2.45) is 11.0 Å². The van der Waals surface area contributed by atoms with Crippen LogP contribution in [0.15, 0.2) is 44.3 Å². The van der Waals surface area contributed by atoms with Gasteiger partial charge in [0.2, 0.25) is 0 Å². The van der Waals surface area contributed by atoms with Gasteiger partial charge >= 0.3 is 0 Å². The standard InChI is InChI=1S/C21H23BrN2O2/c1-13-7-9-21(10-8-13)24-18(16-11-15(22)4-6-19(16)26-21)12-17(23-24)20-5-3-14(2)25-20/h3-6,11,13,18H,7-10,12H2,1-2H3. The van der Waals surface area contributed by atoms with Gasteiger partial charge in [0.25, 0.3) is 0 Å². The van der Waals surface area contributed by atoms with Crippen LogP contribution in [0.2, 0.25) is 0 Å². The Labute approximate surface area is 162 Å². The Morgan fingerprint density at radius 3 is 2.73 bits per heavy atom. The predicted molar refractivity (Wildman–Crippen MR) is 104 cm³/mol. The Morgan fingerprint density at radius 1 is 1.19 bits per heavy atom. The van der Waals surface area contributed by atoms with Gasteiger partial charge in [-0.25, -0.2) is 5.01 Å². The third kappa shape index (κ3) is 2.51. The highest BCUT2D eigenvalue weighted by molar-refractivity contribution is 9.10. The van der Waals surface area contributed by atoms with Crippen LogP contribution in [0.5, 0.6) is 5.75 Å². The van der Waals surface area contributed by atoms with Gasteiger partial charge < -0.3 is 9.15 Å². The molecule has 5 heteroatoms. The summed E-state index contributed by atoms with van der Waals surface area (Å²) in [4.78, 5) is 0. The van der Waals surface area contributed by atoms with E-state index in [1.165, 1.54) is 18.4 Å². The zero-order valence-corrected chi connectivity index (χ0v) is 16.8. The van der Waals surface area contributed by atoms with Gasteiger partial charge in [-0.3, -0.25) is 0 Å². The number of fused-ring (bicyclic) bond motifs is 4. The van der Waals surface area contributed by atoms with Crippen molar-refractivity contribution in [2.45, 2.75) is 57.7 Å². The Kier molecular flexibility index (Phi) is 3.71. The molecule has 4 nitrogen and oxygen atoms in total. The minimum Gasteiger partial charge on any atom is -0.466 e. The van der Waals surface area contributed by atoms with E-state index in [4.69, 9.17) is 14.3 Å². The third-order valence-electron chi connectivity index (χ3n) is 6.04. The van der Waals surface area contributed by atoms with Gasteiger partial charge in [-0.15, -0.1) is 0 Å². The summed E-state index contributed by atoms with van der Waals surface area (Å²) in [6, 6.07) is 10.6. The van der Waals surface area contributed by atoms with Crippen LogP contribution in [-0.4, -0.2) is 16.4 Å². The van der Waals surface area contributed by atoms with Gasteiger partial charge in [0.05, 0.1) is 6.04 Å². The summed E-state index contributed by atoms with van der Waals surface area (Å²) in [5, 5.41) is 7.29. The van der Waals surface area contributed by atoms with Gasteiger partial charge in [-0.05, 0) is 56.0 Å². The summed E-state index contributed by atoms with van der Waals surface area (Å²) in [6.07, 6.45) is 5.26. The lowest BCUT2D eigenvalue weighted by atomic mass is 9.82. The number of aryl methyl sites for hydroxylation is 1. The fourth-order valence-corrected chi connectivity index (χ4v) is 4.91. The van der Waals surface area contributed by atoms with E-state index < -0.39 is 0 Å². The molecule has 0 N–H and O–H groups in total. The number of ether oxygens (including phenoxy) is 1. The van der Waals surface area contributed by atoms with Crippen molar-refractivity contribution in [3.8, 4) is 5.75 Å². The highest BCUT2D eigenvalue weighted by Gasteiger charge is 2.51. The molecular formula is C21H23BrN2O2. The minimum atomic E-state index is -0.318. The summed E-state index contributed by atoms with van der Waals surface area (Å²) >= 11 is 3.62. The number of hydrogen-bond donors (Lipinski definition) is 0. The predicted octanol–water partition coefficient (Wildman–Crippen LogP) is 5.80. The van der Waals surface area contributed by atoms with E-state index >= 15 is 0 Å². The molecule has 1 spiro atoms. The van der Waals surface area contributed by atoms with E-state index in [9.17, 15) is 0 Å². The van der Waals surface area contributed by atoms with Crippen LogP contribution in [0.1, 0.15) is 62.2 Å². The lowest BCUT2D eigenvalue weighted by Gasteiger charge is -2.50. The molecule has 0 radical (unpaired) electrons. The molecule has 1 fully saturated rings. The second-order valence-corrected chi connectivity index (χ2v) is 8.85. The van der Waals surface area contributed by atoms with Crippen LogP contribution < -0.4 is 4.74 Å². The Bertz CT molecular complexity index is 880. The van der Waals surface area contributed by atoms with Gasteiger partial charge in [-0.1, -0.05) is 22.9 Å². The van der Waals surface area contributed by atoms with Crippen LogP contribution in [-0.2, 0) is 0 Å². The highest BCUT2D eigenvalue weighted by atomic mass is 79.9. The molecule has 1 aliphatic carbocycles. The minimum absolute atomic E-state index is 0.213. The van der Waals surface area contributed by atoms with E-state index in [0.29, 0.717) is 0 Å². The van der Waals surface area contributed by atoms with Crippen LogP contribution in [0.4, 0.5) is 0 Å². The van der Waals surface area contributed by atoms with Crippen LogP contribution in [0.3, 0.4) is 0 Å². The first kappa shape index (κ1) is 16.4. The zero-order chi connectivity index (χ0) is 17.9. The fraction of sp³-hybridized carbons (Fsp3) is 0.476. The normalized spacial score (nSPS) is 30.0. The largest absolute Gasteiger partial charge is 0.466 e. The lowest BCUT2D eigenvalue weighted by molar-refractivity contribution is -0.145. The number of rotatable bonds is 1. The molecule has 0 amide bonds. The van der Waals surface area contributed by atoms with Crippen molar-refractivity contribution in [3.63, 3.8) is 0 Å². The number of hydrazone groups is 1. The smallest absolute Gasteiger partial charge is 0.198 e. The van der Waals surface area contributed by atoms with E-state index in [0.717, 1.165) is 52.6 Å². The zero-order valence-electron chi connectivity index (χ0n) is 15.2. The quantitative estimate of drug-likeness (QED) is 0.591. The van der Waals surface area contributed by atoms with Crippen LogP contribution in [0.25, 0.3) is 0 Å². The summed E-state index contributed by atoms with van der Waals surface area (Å²) in [5.41, 5.74) is 1.92. The van der Waals surface area contributed by atoms with Crippen LogP contribution >= 0.6 is 15.9 Å². The SMILES string of the molecule is Cc1ccc(C2=NN3C(C2)c2cc(Br)ccc2OC32CCC(C)CC2)o1.